The molecule has 1 fully saturated rings. The monoisotopic (exact) mass is 422 g/mol. The lowest BCUT2D eigenvalue weighted by molar-refractivity contribution is 0.162. The molecule has 2 aromatic rings. The van der Waals surface area contributed by atoms with Gasteiger partial charge in [0.1, 0.15) is 23.0 Å². The SMILES string of the molecule is COc1ccc2c(c1)C(N1CCN(C(=O)NC(C)(C)C)CC1)=Nc1ccc(C)cc1O2. The second-order valence-electron chi connectivity index (χ2n) is 9.02. The summed E-state index contributed by atoms with van der Waals surface area (Å²) < 4.78 is 11.7. The molecule has 1 saturated heterocycles. The molecule has 164 valence electrons. The van der Waals surface area contributed by atoms with E-state index in [4.69, 9.17) is 14.5 Å². The van der Waals surface area contributed by atoms with Gasteiger partial charge >= 0.3 is 6.03 Å². The molecule has 31 heavy (non-hydrogen) atoms. The molecular formula is C24H30N4O3. The van der Waals surface area contributed by atoms with Crippen LogP contribution >= 0.6 is 0 Å². The van der Waals surface area contributed by atoms with Crippen LogP contribution < -0.4 is 14.8 Å². The molecular weight excluding hydrogens is 392 g/mol. The summed E-state index contributed by atoms with van der Waals surface area (Å²) >= 11 is 0. The van der Waals surface area contributed by atoms with Crippen molar-refractivity contribution in [1.29, 1.82) is 0 Å². The highest BCUT2D eigenvalue weighted by Gasteiger charge is 2.29. The first-order valence-electron chi connectivity index (χ1n) is 10.6. The lowest BCUT2D eigenvalue weighted by Crippen LogP contribution is -2.56. The number of methoxy groups -OCH3 is 1. The molecule has 7 heteroatoms. The second-order valence-corrected chi connectivity index (χ2v) is 9.02. The van der Waals surface area contributed by atoms with Crippen LogP contribution in [0.2, 0.25) is 0 Å². The number of ether oxygens (including phenoxy) is 2. The number of piperazine rings is 1. The smallest absolute Gasteiger partial charge is 0.317 e. The number of aryl methyl sites for hydroxylation is 1. The Kier molecular flexibility index (Phi) is 5.52. The van der Waals surface area contributed by atoms with Gasteiger partial charge in [-0.3, -0.25) is 0 Å². The van der Waals surface area contributed by atoms with Crippen LogP contribution in [0.5, 0.6) is 17.2 Å². The predicted molar refractivity (Wildman–Crippen MR) is 122 cm³/mol. The average molecular weight is 423 g/mol. The first-order chi connectivity index (χ1) is 14.7. The van der Waals surface area contributed by atoms with Crippen LogP contribution in [0.25, 0.3) is 0 Å². The Morgan fingerprint density at radius 1 is 1.06 bits per heavy atom. The van der Waals surface area contributed by atoms with Crippen molar-refractivity contribution in [2.75, 3.05) is 33.3 Å². The third kappa shape index (κ3) is 4.60. The van der Waals surface area contributed by atoms with Crippen LogP contribution in [0, 0.1) is 6.92 Å². The fourth-order valence-corrected chi connectivity index (χ4v) is 3.75. The molecule has 2 aliphatic heterocycles. The van der Waals surface area contributed by atoms with E-state index in [0.717, 1.165) is 39.9 Å². The van der Waals surface area contributed by atoms with E-state index in [-0.39, 0.29) is 11.6 Å². The van der Waals surface area contributed by atoms with Gasteiger partial charge in [-0.05, 0) is 63.6 Å². The molecule has 2 aromatic carbocycles. The fraction of sp³-hybridized carbons (Fsp3) is 0.417. The lowest BCUT2D eigenvalue weighted by atomic mass is 10.1. The zero-order valence-corrected chi connectivity index (χ0v) is 18.9. The summed E-state index contributed by atoms with van der Waals surface area (Å²) in [6.07, 6.45) is 0. The minimum atomic E-state index is -0.256. The number of hydrogen-bond acceptors (Lipinski definition) is 5. The quantitative estimate of drug-likeness (QED) is 0.744. The topological polar surface area (TPSA) is 66.4 Å². The van der Waals surface area contributed by atoms with E-state index in [2.05, 4.69) is 10.2 Å². The highest BCUT2D eigenvalue weighted by molar-refractivity contribution is 6.04. The van der Waals surface area contributed by atoms with Crippen molar-refractivity contribution in [3.05, 3.63) is 47.5 Å². The van der Waals surface area contributed by atoms with E-state index in [9.17, 15) is 4.79 Å². The van der Waals surface area contributed by atoms with E-state index in [1.54, 1.807) is 7.11 Å². The molecule has 0 unspecified atom stereocenters. The Bertz CT molecular complexity index is 1020. The van der Waals surface area contributed by atoms with Crippen molar-refractivity contribution < 1.29 is 14.3 Å². The number of nitrogens with one attached hydrogen (secondary N) is 1. The molecule has 0 aromatic heterocycles. The van der Waals surface area contributed by atoms with Gasteiger partial charge < -0.3 is 24.6 Å². The van der Waals surface area contributed by atoms with E-state index < -0.39 is 0 Å². The molecule has 0 atom stereocenters. The second kappa shape index (κ2) is 8.13. The Morgan fingerprint density at radius 2 is 1.81 bits per heavy atom. The van der Waals surface area contributed by atoms with Gasteiger partial charge in [-0.2, -0.15) is 0 Å². The number of carbonyl (C=O) groups excluding carboxylic acids is 1. The van der Waals surface area contributed by atoms with Crippen LogP contribution in [0.1, 0.15) is 31.9 Å². The summed E-state index contributed by atoms with van der Waals surface area (Å²) in [6.45, 7) is 10.6. The highest BCUT2D eigenvalue weighted by Crippen LogP contribution is 2.40. The summed E-state index contributed by atoms with van der Waals surface area (Å²) in [5.41, 5.74) is 2.55. The normalized spacial score (nSPS) is 15.8. The molecule has 2 heterocycles. The first kappa shape index (κ1) is 21.0. The molecule has 2 amide bonds. The lowest BCUT2D eigenvalue weighted by Gasteiger charge is -2.37. The number of carbonyl (C=O) groups is 1. The standard InChI is InChI=1S/C24H30N4O3/c1-16-6-8-19-21(14-16)31-20-9-7-17(30-5)15-18(20)22(25-19)27-10-12-28(13-11-27)23(29)26-24(2,3)4/h6-9,14-15H,10-13H2,1-5H3,(H,26,29). The number of hydrogen-bond donors (Lipinski definition) is 1. The summed E-state index contributed by atoms with van der Waals surface area (Å²) in [5, 5.41) is 3.04. The van der Waals surface area contributed by atoms with Crippen LogP contribution in [0.3, 0.4) is 0 Å². The summed E-state index contributed by atoms with van der Waals surface area (Å²) in [4.78, 5) is 21.6. The van der Waals surface area contributed by atoms with Crippen molar-refractivity contribution in [3.8, 4) is 17.2 Å². The van der Waals surface area contributed by atoms with Crippen molar-refractivity contribution in [2.45, 2.75) is 33.2 Å². The zero-order valence-electron chi connectivity index (χ0n) is 18.9. The minimum Gasteiger partial charge on any atom is -0.497 e. The van der Waals surface area contributed by atoms with Gasteiger partial charge in [-0.15, -0.1) is 0 Å². The molecule has 0 aliphatic carbocycles. The molecule has 0 radical (unpaired) electrons. The largest absolute Gasteiger partial charge is 0.497 e. The molecule has 7 nitrogen and oxygen atoms in total. The number of nitrogens with zero attached hydrogens (tertiary/aromatic N) is 3. The maximum atomic E-state index is 12.6. The molecule has 1 N–H and O–H groups in total. The predicted octanol–water partition coefficient (Wildman–Crippen LogP) is 4.31. The minimum absolute atomic E-state index is 0.0267. The van der Waals surface area contributed by atoms with Gasteiger partial charge in [0.25, 0.3) is 0 Å². The Balaban J connectivity index is 1.64. The molecule has 4 rings (SSSR count). The number of aliphatic imine (C=N–C) groups is 1. The number of fused-ring (bicyclic) bond motifs is 2. The molecule has 0 bridgehead atoms. The Labute approximate surface area is 183 Å². The van der Waals surface area contributed by atoms with Gasteiger partial charge in [0.2, 0.25) is 0 Å². The van der Waals surface area contributed by atoms with E-state index in [1.807, 2.05) is 69.0 Å². The van der Waals surface area contributed by atoms with Crippen LogP contribution in [-0.4, -0.2) is 60.5 Å². The van der Waals surface area contributed by atoms with Crippen molar-refractivity contribution >= 4 is 17.6 Å². The molecule has 0 spiro atoms. The van der Waals surface area contributed by atoms with Gasteiger partial charge in [0.15, 0.2) is 5.75 Å². The van der Waals surface area contributed by atoms with Crippen LogP contribution in [0.15, 0.2) is 41.4 Å². The number of benzene rings is 2. The van der Waals surface area contributed by atoms with Crippen LogP contribution in [-0.2, 0) is 0 Å². The Morgan fingerprint density at radius 3 is 2.48 bits per heavy atom. The average Bonchev–Trinajstić information content (AvgIpc) is 2.88. The highest BCUT2D eigenvalue weighted by atomic mass is 16.5. The summed E-state index contributed by atoms with van der Waals surface area (Å²) in [5.74, 6) is 3.08. The van der Waals surface area contributed by atoms with Crippen molar-refractivity contribution in [3.63, 3.8) is 0 Å². The number of amidine groups is 1. The zero-order chi connectivity index (χ0) is 22.2. The van der Waals surface area contributed by atoms with E-state index in [1.165, 1.54) is 0 Å². The van der Waals surface area contributed by atoms with E-state index >= 15 is 0 Å². The number of amides is 2. The van der Waals surface area contributed by atoms with Gasteiger partial charge in [-0.1, -0.05) is 6.07 Å². The maximum Gasteiger partial charge on any atom is 0.317 e. The summed E-state index contributed by atoms with van der Waals surface area (Å²) in [7, 11) is 1.65. The first-order valence-corrected chi connectivity index (χ1v) is 10.6. The van der Waals surface area contributed by atoms with Gasteiger partial charge in [-0.25, -0.2) is 9.79 Å². The summed E-state index contributed by atoms with van der Waals surface area (Å²) in [6, 6.07) is 11.8. The van der Waals surface area contributed by atoms with Gasteiger partial charge in [0, 0.05) is 31.7 Å². The maximum absolute atomic E-state index is 12.6. The van der Waals surface area contributed by atoms with Crippen molar-refractivity contribution in [1.82, 2.24) is 15.1 Å². The van der Waals surface area contributed by atoms with E-state index in [0.29, 0.717) is 26.2 Å². The molecule has 0 saturated carbocycles. The third-order valence-corrected chi connectivity index (χ3v) is 5.34. The van der Waals surface area contributed by atoms with Gasteiger partial charge in [0.05, 0.1) is 12.7 Å². The van der Waals surface area contributed by atoms with Crippen molar-refractivity contribution in [2.24, 2.45) is 4.99 Å². The number of urea groups is 1. The Hall–Kier alpha value is -3.22. The fourth-order valence-electron chi connectivity index (χ4n) is 3.75. The number of rotatable bonds is 1. The van der Waals surface area contributed by atoms with Crippen LogP contribution in [0.4, 0.5) is 10.5 Å². The molecule has 2 aliphatic rings. The third-order valence-electron chi connectivity index (χ3n) is 5.34.